The number of fused-ring (bicyclic) bond motifs is 1. The minimum Gasteiger partial charge on any atom is -0.313 e. The lowest BCUT2D eigenvalue weighted by atomic mass is 9.83. The monoisotopic (exact) mass is 292 g/mol. The molecule has 1 fully saturated rings. The average Bonchev–Trinajstić information content (AvgIpc) is 2.79. The Bertz CT molecular complexity index is 467. The fourth-order valence-corrected chi connectivity index (χ4v) is 3.14. The highest BCUT2D eigenvalue weighted by atomic mass is 79.9. The lowest BCUT2D eigenvalue weighted by Gasteiger charge is -2.25. The first kappa shape index (κ1) is 11.4. The zero-order valence-electron chi connectivity index (χ0n) is 10.0. The van der Waals surface area contributed by atoms with Crippen LogP contribution in [0.15, 0.2) is 22.9 Å². The predicted molar refractivity (Wildman–Crippen MR) is 73.8 cm³/mol. The van der Waals surface area contributed by atoms with Crippen LogP contribution in [0.1, 0.15) is 30.4 Å². The highest BCUT2D eigenvalue weighted by Crippen LogP contribution is 2.34. The number of pyridine rings is 1. The molecule has 2 atom stereocenters. The molecule has 1 N–H and O–H groups in total. The Morgan fingerprint density at radius 2 is 2.35 bits per heavy atom. The fourth-order valence-electron chi connectivity index (χ4n) is 2.93. The SMILES string of the molecule is Cc1cc(C2=CCC3CCNC3C2)cnc1Br. The third-order valence-corrected chi connectivity index (χ3v) is 4.81. The van der Waals surface area contributed by atoms with Gasteiger partial charge in [-0.3, -0.25) is 0 Å². The van der Waals surface area contributed by atoms with Crippen molar-refractivity contribution < 1.29 is 0 Å². The number of hydrogen-bond donors (Lipinski definition) is 1. The molecule has 3 rings (SSSR count). The normalized spacial score (nSPS) is 27.8. The Labute approximate surface area is 111 Å². The van der Waals surface area contributed by atoms with Gasteiger partial charge in [0.25, 0.3) is 0 Å². The Morgan fingerprint density at radius 3 is 3.18 bits per heavy atom. The minimum atomic E-state index is 0.693. The van der Waals surface area contributed by atoms with E-state index >= 15 is 0 Å². The van der Waals surface area contributed by atoms with Gasteiger partial charge in [0, 0.05) is 12.2 Å². The highest BCUT2D eigenvalue weighted by Gasteiger charge is 2.30. The molecule has 17 heavy (non-hydrogen) atoms. The van der Waals surface area contributed by atoms with E-state index < -0.39 is 0 Å². The molecule has 2 aliphatic rings. The standard InChI is InChI=1S/C14H17BrN2/c1-9-6-12(8-17-14(9)15)11-3-2-10-4-5-16-13(10)7-11/h3,6,8,10,13,16H,2,4-5,7H2,1H3. The number of halogens is 1. The quantitative estimate of drug-likeness (QED) is 0.804. The lowest BCUT2D eigenvalue weighted by Crippen LogP contribution is -2.29. The molecule has 2 nitrogen and oxygen atoms in total. The van der Waals surface area contributed by atoms with E-state index in [2.05, 4.69) is 45.3 Å². The van der Waals surface area contributed by atoms with Crippen LogP contribution >= 0.6 is 15.9 Å². The maximum absolute atomic E-state index is 4.39. The number of rotatable bonds is 1. The summed E-state index contributed by atoms with van der Waals surface area (Å²) in [5.41, 5.74) is 3.96. The molecule has 0 radical (unpaired) electrons. The van der Waals surface area contributed by atoms with E-state index in [1.807, 2.05) is 6.20 Å². The summed E-state index contributed by atoms with van der Waals surface area (Å²) < 4.78 is 0.953. The Kier molecular flexibility index (Phi) is 3.05. The molecule has 0 saturated carbocycles. The molecule has 1 saturated heterocycles. The first-order chi connectivity index (χ1) is 8.24. The van der Waals surface area contributed by atoms with E-state index in [1.54, 1.807) is 0 Å². The summed E-state index contributed by atoms with van der Waals surface area (Å²) in [5.74, 6) is 0.864. The van der Waals surface area contributed by atoms with E-state index in [0.29, 0.717) is 6.04 Å². The molecule has 1 aliphatic carbocycles. The van der Waals surface area contributed by atoms with Gasteiger partial charge in [-0.2, -0.15) is 0 Å². The summed E-state index contributed by atoms with van der Waals surface area (Å²) in [6.07, 6.45) is 8.12. The van der Waals surface area contributed by atoms with Gasteiger partial charge in [0.1, 0.15) is 4.60 Å². The average molecular weight is 293 g/mol. The summed E-state index contributed by atoms with van der Waals surface area (Å²) in [6.45, 7) is 3.29. The van der Waals surface area contributed by atoms with E-state index in [9.17, 15) is 0 Å². The summed E-state index contributed by atoms with van der Waals surface area (Å²) in [7, 11) is 0. The van der Waals surface area contributed by atoms with Crippen molar-refractivity contribution >= 4 is 21.5 Å². The van der Waals surface area contributed by atoms with Crippen molar-refractivity contribution in [1.29, 1.82) is 0 Å². The van der Waals surface area contributed by atoms with Crippen LogP contribution in [0.25, 0.3) is 5.57 Å². The van der Waals surface area contributed by atoms with Crippen molar-refractivity contribution in [1.82, 2.24) is 10.3 Å². The van der Waals surface area contributed by atoms with Gasteiger partial charge in [-0.25, -0.2) is 4.98 Å². The Hall–Kier alpha value is -0.670. The van der Waals surface area contributed by atoms with E-state index in [-0.39, 0.29) is 0 Å². The first-order valence-corrected chi connectivity index (χ1v) is 7.08. The molecule has 1 aromatic rings. The van der Waals surface area contributed by atoms with Crippen molar-refractivity contribution in [3.63, 3.8) is 0 Å². The van der Waals surface area contributed by atoms with Crippen LogP contribution in [-0.2, 0) is 0 Å². The third kappa shape index (κ3) is 2.18. The summed E-state index contributed by atoms with van der Waals surface area (Å²) in [5, 5.41) is 3.61. The topological polar surface area (TPSA) is 24.9 Å². The number of nitrogens with one attached hydrogen (secondary N) is 1. The van der Waals surface area contributed by atoms with Crippen molar-refractivity contribution in [2.45, 2.75) is 32.2 Å². The first-order valence-electron chi connectivity index (χ1n) is 6.29. The molecule has 1 aliphatic heterocycles. The van der Waals surface area contributed by atoms with Crippen LogP contribution in [0.4, 0.5) is 0 Å². The summed E-state index contributed by atoms with van der Waals surface area (Å²) in [6, 6.07) is 2.93. The van der Waals surface area contributed by atoms with Crippen molar-refractivity contribution in [3.8, 4) is 0 Å². The van der Waals surface area contributed by atoms with Crippen molar-refractivity contribution in [2.75, 3.05) is 6.54 Å². The molecule has 0 amide bonds. The maximum Gasteiger partial charge on any atom is 0.109 e. The smallest absolute Gasteiger partial charge is 0.109 e. The van der Waals surface area contributed by atoms with Gasteiger partial charge in [-0.05, 0) is 77.3 Å². The number of nitrogens with zero attached hydrogens (tertiary/aromatic N) is 1. The fraction of sp³-hybridized carbons (Fsp3) is 0.500. The van der Waals surface area contributed by atoms with Crippen molar-refractivity contribution in [2.24, 2.45) is 5.92 Å². The van der Waals surface area contributed by atoms with Crippen LogP contribution in [0.5, 0.6) is 0 Å². The molecule has 2 heterocycles. The van der Waals surface area contributed by atoms with E-state index in [1.165, 1.54) is 36.1 Å². The van der Waals surface area contributed by atoms with Crippen LogP contribution in [0, 0.1) is 12.8 Å². The zero-order valence-corrected chi connectivity index (χ0v) is 11.6. The second-order valence-electron chi connectivity index (χ2n) is 5.11. The van der Waals surface area contributed by atoms with Gasteiger partial charge in [0.2, 0.25) is 0 Å². The molecular formula is C14H17BrN2. The van der Waals surface area contributed by atoms with Crippen molar-refractivity contribution in [3.05, 3.63) is 34.1 Å². The van der Waals surface area contributed by atoms with Crippen LogP contribution in [0.2, 0.25) is 0 Å². The van der Waals surface area contributed by atoms with Gasteiger partial charge in [0.05, 0.1) is 0 Å². The van der Waals surface area contributed by atoms with Gasteiger partial charge >= 0.3 is 0 Å². The van der Waals surface area contributed by atoms with Gasteiger partial charge in [-0.15, -0.1) is 0 Å². The van der Waals surface area contributed by atoms with Gasteiger partial charge < -0.3 is 5.32 Å². The van der Waals surface area contributed by atoms with Gasteiger partial charge in [0.15, 0.2) is 0 Å². The number of aromatic nitrogens is 1. The maximum atomic E-state index is 4.39. The molecule has 90 valence electrons. The van der Waals surface area contributed by atoms with Crippen LogP contribution < -0.4 is 5.32 Å². The molecule has 1 aromatic heterocycles. The van der Waals surface area contributed by atoms with E-state index in [0.717, 1.165) is 16.9 Å². The molecule has 3 heteroatoms. The Morgan fingerprint density at radius 1 is 1.47 bits per heavy atom. The van der Waals surface area contributed by atoms with Gasteiger partial charge in [-0.1, -0.05) is 6.08 Å². The second-order valence-corrected chi connectivity index (χ2v) is 5.86. The van der Waals surface area contributed by atoms with E-state index in [4.69, 9.17) is 0 Å². The minimum absolute atomic E-state index is 0.693. The molecule has 0 bridgehead atoms. The number of aryl methyl sites for hydroxylation is 1. The van der Waals surface area contributed by atoms with Crippen LogP contribution in [0.3, 0.4) is 0 Å². The molecular weight excluding hydrogens is 276 g/mol. The third-order valence-electron chi connectivity index (χ3n) is 3.98. The largest absolute Gasteiger partial charge is 0.313 e. The molecule has 2 unspecified atom stereocenters. The predicted octanol–water partition coefficient (Wildman–Crippen LogP) is 3.31. The summed E-state index contributed by atoms with van der Waals surface area (Å²) in [4.78, 5) is 4.39. The lowest BCUT2D eigenvalue weighted by molar-refractivity contribution is 0.445. The zero-order chi connectivity index (χ0) is 11.8. The van der Waals surface area contributed by atoms with Crippen LogP contribution in [-0.4, -0.2) is 17.6 Å². The second kappa shape index (κ2) is 4.54. The number of hydrogen-bond acceptors (Lipinski definition) is 2. The Balaban J connectivity index is 1.86. The summed E-state index contributed by atoms with van der Waals surface area (Å²) >= 11 is 3.46. The number of allylic oxidation sites excluding steroid dienone is 1. The molecule has 0 spiro atoms. The molecule has 0 aromatic carbocycles. The highest BCUT2D eigenvalue weighted by molar-refractivity contribution is 9.10.